The first-order valence-corrected chi connectivity index (χ1v) is 4.75. The highest BCUT2D eigenvalue weighted by Crippen LogP contribution is 2.14. The van der Waals surface area contributed by atoms with Gasteiger partial charge in [-0.2, -0.15) is 0 Å². The summed E-state index contributed by atoms with van der Waals surface area (Å²) in [6, 6.07) is 1.95. The summed E-state index contributed by atoms with van der Waals surface area (Å²) in [6.45, 7) is 5.52. The molecule has 1 aromatic rings. The zero-order chi connectivity index (χ0) is 10.4. The predicted octanol–water partition coefficient (Wildman–Crippen LogP) is 2.14. The molecule has 0 unspecified atom stereocenters. The lowest BCUT2D eigenvalue weighted by Gasteiger charge is -1.96. The number of furan rings is 1. The first-order valence-electron chi connectivity index (χ1n) is 4.75. The van der Waals surface area contributed by atoms with Gasteiger partial charge in [0.15, 0.2) is 0 Å². The highest BCUT2D eigenvalue weighted by Gasteiger charge is 2.04. The Kier molecular flexibility index (Phi) is 4.43. The van der Waals surface area contributed by atoms with Crippen molar-refractivity contribution in [1.29, 1.82) is 0 Å². The Hall–Kier alpha value is -1.06. The number of rotatable bonds is 5. The summed E-state index contributed by atoms with van der Waals surface area (Å²) in [5, 5.41) is 0. The molecule has 1 rings (SSSR count). The lowest BCUT2D eigenvalue weighted by molar-refractivity contribution is 0.130. The second-order valence-electron chi connectivity index (χ2n) is 3.08. The summed E-state index contributed by atoms with van der Waals surface area (Å²) in [7, 11) is 0. The van der Waals surface area contributed by atoms with E-state index in [9.17, 15) is 0 Å². The summed E-state index contributed by atoms with van der Waals surface area (Å²) in [5.74, 6) is 1.73. The summed E-state index contributed by atoms with van der Waals surface area (Å²) in [5.41, 5.74) is 6.58. The Bertz CT molecular complexity index is 302. The van der Waals surface area contributed by atoms with Gasteiger partial charge in [0, 0.05) is 12.1 Å². The van der Waals surface area contributed by atoms with Crippen LogP contribution in [-0.2, 0) is 17.9 Å². The Labute approximate surface area is 84.5 Å². The normalized spacial score (nSPS) is 11.4. The van der Waals surface area contributed by atoms with E-state index in [4.69, 9.17) is 14.9 Å². The van der Waals surface area contributed by atoms with Crippen LogP contribution in [0.1, 0.15) is 24.0 Å². The van der Waals surface area contributed by atoms with Gasteiger partial charge in [0.1, 0.15) is 18.1 Å². The fourth-order valence-corrected chi connectivity index (χ4v) is 1.19. The Morgan fingerprint density at radius 2 is 2.36 bits per heavy atom. The van der Waals surface area contributed by atoms with Crippen LogP contribution in [-0.4, -0.2) is 6.61 Å². The molecule has 14 heavy (non-hydrogen) atoms. The second kappa shape index (κ2) is 5.62. The smallest absolute Gasteiger partial charge is 0.130 e. The third-order valence-electron chi connectivity index (χ3n) is 1.99. The van der Waals surface area contributed by atoms with Gasteiger partial charge in [-0.15, -0.1) is 0 Å². The fourth-order valence-electron chi connectivity index (χ4n) is 1.19. The Morgan fingerprint density at radius 3 is 2.93 bits per heavy atom. The number of aryl methyl sites for hydroxylation is 1. The highest BCUT2D eigenvalue weighted by molar-refractivity contribution is 5.19. The molecule has 0 aromatic carbocycles. The third kappa shape index (κ3) is 3.01. The number of hydrogen-bond donors (Lipinski definition) is 1. The molecule has 0 aliphatic carbocycles. The van der Waals surface area contributed by atoms with Gasteiger partial charge in [0.05, 0.1) is 6.61 Å². The van der Waals surface area contributed by atoms with Crippen LogP contribution in [0.3, 0.4) is 0 Å². The van der Waals surface area contributed by atoms with Crippen LogP contribution in [0.15, 0.2) is 22.6 Å². The van der Waals surface area contributed by atoms with Crippen molar-refractivity contribution >= 4 is 0 Å². The average Bonchev–Trinajstić information content (AvgIpc) is 2.54. The van der Waals surface area contributed by atoms with E-state index in [1.165, 1.54) is 0 Å². The van der Waals surface area contributed by atoms with Crippen LogP contribution >= 0.6 is 0 Å². The van der Waals surface area contributed by atoms with Gasteiger partial charge < -0.3 is 14.9 Å². The monoisotopic (exact) mass is 195 g/mol. The molecule has 0 bridgehead atoms. The van der Waals surface area contributed by atoms with Crippen molar-refractivity contribution in [2.24, 2.45) is 5.73 Å². The average molecular weight is 195 g/mol. The first kappa shape index (κ1) is 11.0. The van der Waals surface area contributed by atoms with Crippen molar-refractivity contribution in [3.63, 3.8) is 0 Å². The fraction of sp³-hybridized carbons (Fsp3) is 0.455. The van der Waals surface area contributed by atoms with Crippen LogP contribution in [0.5, 0.6) is 0 Å². The molecular weight excluding hydrogens is 178 g/mol. The summed E-state index contributed by atoms with van der Waals surface area (Å²) < 4.78 is 10.8. The quantitative estimate of drug-likeness (QED) is 0.578. The lowest BCUT2D eigenvalue weighted by atomic mass is 10.2. The number of ether oxygens (including phenoxy) is 1. The molecule has 0 saturated carbocycles. The summed E-state index contributed by atoms with van der Waals surface area (Å²) >= 11 is 0. The van der Waals surface area contributed by atoms with Gasteiger partial charge >= 0.3 is 0 Å². The highest BCUT2D eigenvalue weighted by atomic mass is 16.5. The van der Waals surface area contributed by atoms with Gasteiger partial charge in [0.25, 0.3) is 0 Å². The maximum absolute atomic E-state index is 5.53. The maximum atomic E-state index is 5.53. The molecule has 0 spiro atoms. The third-order valence-corrected chi connectivity index (χ3v) is 1.99. The molecule has 0 atom stereocenters. The van der Waals surface area contributed by atoms with Crippen molar-refractivity contribution in [3.05, 3.63) is 35.3 Å². The van der Waals surface area contributed by atoms with E-state index in [1.54, 1.807) is 0 Å². The number of hydrogen-bond acceptors (Lipinski definition) is 3. The Balaban J connectivity index is 2.43. The van der Waals surface area contributed by atoms with Crippen LogP contribution < -0.4 is 5.73 Å². The van der Waals surface area contributed by atoms with Gasteiger partial charge in [-0.25, -0.2) is 0 Å². The zero-order valence-electron chi connectivity index (χ0n) is 8.75. The number of nitrogens with two attached hydrogens (primary N) is 1. The van der Waals surface area contributed by atoms with E-state index < -0.39 is 0 Å². The van der Waals surface area contributed by atoms with Crippen molar-refractivity contribution < 1.29 is 9.15 Å². The van der Waals surface area contributed by atoms with E-state index in [1.807, 2.05) is 32.1 Å². The SMILES string of the molecule is CC=CCOCc1cc(CN)c(C)o1. The molecule has 0 radical (unpaired) electrons. The topological polar surface area (TPSA) is 48.4 Å². The van der Waals surface area contributed by atoms with Crippen LogP contribution in [0.25, 0.3) is 0 Å². The van der Waals surface area contributed by atoms with Crippen LogP contribution in [0, 0.1) is 6.92 Å². The second-order valence-corrected chi connectivity index (χ2v) is 3.08. The molecule has 1 heterocycles. The van der Waals surface area contributed by atoms with Crippen molar-refractivity contribution in [3.8, 4) is 0 Å². The van der Waals surface area contributed by atoms with Crippen molar-refractivity contribution in [2.75, 3.05) is 6.61 Å². The molecule has 0 saturated heterocycles. The molecule has 0 fully saturated rings. The van der Waals surface area contributed by atoms with Crippen molar-refractivity contribution in [2.45, 2.75) is 27.0 Å². The van der Waals surface area contributed by atoms with Gasteiger partial charge in [-0.3, -0.25) is 0 Å². The van der Waals surface area contributed by atoms with Crippen LogP contribution in [0.4, 0.5) is 0 Å². The summed E-state index contributed by atoms with van der Waals surface area (Å²) in [6.07, 6.45) is 3.92. The van der Waals surface area contributed by atoms with E-state index >= 15 is 0 Å². The standard InChI is InChI=1S/C11H17NO2/c1-3-4-5-13-8-11-6-10(7-12)9(2)14-11/h3-4,6H,5,7-8,12H2,1-2H3. The predicted molar refractivity (Wildman–Crippen MR) is 55.8 cm³/mol. The largest absolute Gasteiger partial charge is 0.464 e. The van der Waals surface area contributed by atoms with Crippen molar-refractivity contribution in [1.82, 2.24) is 0 Å². The lowest BCUT2D eigenvalue weighted by Crippen LogP contribution is -1.95. The first-order chi connectivity index (χ1) is 6.77. The summed E-state index contributed by atoms with van der Waals surface area (Å²) in [4.78, 5) is 0. The van der Waals surface area contributed by atoms with Gasteiger partial charge in [-0.05, 0) is 19.9 Å². The molecule has 0 aliphatic rings. The van der Waals surface area contributed by atoms with E-state index in [0.29, 0.717) is 19.8 Å². The van der Waals surface area contributed by atoms with Crippen LogP contribution in [0.2, 0.25) is 0 Å². The minimum Gasteiger partial charge on any atom is -0.464 e. The van der Waals surface area contributed by atoms with E-state index in [0.717, 1.165) is 17.1 Å². The molecule has 3 heteroatoms. The molecule has 1 aromatic heterocycles. The minimum atomic E-state index is 0.505. The van der Waals surface area contributed by atoms with Gasteiger partial charge in [0.2, 0.25) is 0 Å². The molecule has 0 aliphatic heterocycles. The molecule has 3 nitrogen and oxygen atoms in total. The molecule has 2 N–H and O–H groups in total. The molecule has 0 amide bonds. The van der Waals surface area contributed by atoms with E-state index in [2.05, 4.69) is 0 Å². The van der Waals surface area contributed by atoms with E-state index in [-0.39, 0.29) is 0 Å². The molecule has 78 valence electrons. The zero-order valence-corrected chi connectivity index (χ0v) is 8.75. The minimum absolute atomic E-state index is 0.505. The van der Waals surface area contributed by atoms with Gasteiger partial charge in [-0.1, -0.05) is 12.2 Å². The maximum Gasteiger partial charge on any atom is 0.130 e. The Morgan fingerprint density at radius 1 is 1.57 bits per heavy atom. The number of allylic oxidation sites excluding steroid dienone is 1. The molecular formula is C11H17NO2.